The van der Waals surface area contributed by atoms with Gasteiger partial charge in [0.05, 0.1) is 10.6 Å². The molecule has 0 bridgehead atoms. The van der Waals surface area contributed by atoms with Gasteiger partial charge in [-0.2, -0.15) is 0 Å². The maximum atomic E-state index is 13.2. The molecular weight excluding hydrogens is 416 g/mol. The third-order valence-corrected chi connectivity index (χ3v) is 6.04. The lowest BCUT2D eigenvalue weighted by atomic mass is 10.1. The van der Waals surface area contributed by atoms with Gasteiger partial charge >= 0.3 is 0 Å². The molecule has 1 aliphatic heterocycles. The van der Waals surface area contributed by atoms with Crippen molar-refractivity contribution in [1.29, 1.82) is 0 Å². The van der Waals surface area contributed by atoms with Crippen LogP contribution in [0.1, 0.15) is 30.5 Å². The molecular formula is C27H26N2O2S. The summed E-state index contributed by atoms with van der Waals surface area (Å²) < 4.78 is 6.07. The maximum absolute atomic E-state index is 13.2. The van der Waals surface area contributed by atoms with E-state index < -0.39 is 0 Å². The molecule has 3 aromatic carbocycles. The van der Waals surface area contributed by atoms with Crippen LogP contribution in [0.4, 0.5) is 5.69 Å². The molecule has 0 atom stereocenters. The average molecular weight is 443 g/mol. The average Bonchev–Trinajstić information content (AvgIpc) is 3.10. The molecule has 0 spiro atoms. The Morgan fingerprint density at radius 2 is 1.66 bits per heavy atom. The monoisotopic (exact) mass is 442 g/mol. The highest BCUT2D eigenvalue weighted by Crippen LogP contribution is 2.36. The largest absolute Gasteiger partial charge is 0.488 e. The van der Waals surface area contributed by atoms with E-state index in [-0.39, 0.29) is 11.9 Å². The summed E-state index contributed by atoms with van der Waals surface area (Å²) in [5.74, 6) is 0.714. The van der Waals surface area contributed by atoms with Crippen molar-refractivity contribution in [2.45, 2.75) is 33.4 Å². The number of aliphatic imine (C=N–C) groups is 1. The zero-order valence-corrected chi connectivity index (χ0v) is 19.3. The fraction of sp³-hybridized carbons (Fsp3) is 0.185. The van der Waals surface area contributed by atoms with Crippen LogP contribution in [0.15, 0.2) is 88.8 Å². The molecule has 1 saturated heterocycles. The zero-order chi connectivity index (χ0) is 22.5. The van der Waals surface area contributed by atoms with E-state index in [0.717, 1.165) is 22.6 Å². The number of thioether (sulfide) groups is 1. The van der Waals surface area contributed by atoms with E-state index in [2.05, 4.69) is 0 Å². The SMILES string of the molecule is Cc1ccc(N=C2S/C(=C/c3ccccc3OCc3ccccc3)C(=O)N2C(C)C)cc1. The molecule has 162 valence electrons. The molecule has 32 heavy (non-hydrogen) atoms. The maximum Gasteiger partial charge on any atom is 0.266 e. The molecule has 4 rings (SSSR count). The van der Waals surface area contributed by atoms with Crippen LogP contribution < -0.4 is 4.74 Å². The number of amides is 1. The van der Waals surface area contributed by atoms with Gasteiger partial charge in [-0.1, -0.05) is 66.2 Å². The Labute approximate surface area is 193 Å². The second-order valence-electron chi connectivity index (χ2n) is 7.92. The third kappa shape index (κ3) is 5.11. The van der Waals surface area contributed by atoms with Crippen molar-refractivity contribution in [3.8, 4) is 5.75 Å². The summed E-state index contributed by atoms with van der Waals surface area (Å²) in [6.07, 6.45) is 1.90. The fourth-order valence-corrected chi connectivity index (χ4v) is 4.47. The van der Waals surface area contributed by atoms with Gasteiger partial charge in [0.25, 0.3) is 5.91 Å². The van der Waals surface area contributed by atoms with Crippen molar-refractivity contribution in [2.75, 3.05) is 0 Å². The number of carbonyl (C=O) groups excluding carboxylic acids is 1. The molecule has 1 heterocycles. The predicted octanol–water partition coefficient (Wildman–Crippen LogP) is 6.59. The Hall–Kier alpha value is -3.31. The lowest BCUT2D eigenvalue weighted by molar-refractivity contribution is -0.123. The number of hydrogen-bond donors (Lipinski definition) is 0. The van der Waals surface area contributed by atoms with Crippen LogP contribution in [-0.2, 0) is 11.4 Å². The Morgan fingerprint density at radius 3 is 2.38 bits per heavy atom. The quantitative estimate of drug-likeness (QED) is 0.405. The number of rotatable bonds is 6. The molecule has 5 heteroatoms. The van der Waals surface area contributed by atoms with Gasteiger partial charge in [0, 0.05) is 11.6 Å². The zero-order valence-electron chi connectivity index (χ0n) is 18.5. The summed E-state index contributed by atoms with van der Waals surface area (Å²) in [6, 6.07) is 25.8. The summed E-state index contributed by atoms with van der Waals surface area (Å²) in [6.45, 7) is 6.52. The molecule has 0 radical (unpaired) electrons. The summed E-state index contributed by atoms with van der Waals surface area (Å²) in [5.41, 5.74) is 3.99. The molecule has 0 aliphatic carbocycles. The normalized spacial score (nSPS) is 16.4. The number of hydrogen-bond acceptors (Lipinski definition) is 4. The summed E-state index contributed by atoms with van der Waals surface area (Å²) in [7, 11) is 0. The van der Waals surface area contributed by atoms with Gasteiger partial charge in [-0.25, -0.2) is 4.99 Å². The molecule has 0 aromatic heterocycles. The van der Waals surface area contributed by atoms with Gasteiger partial charge in [-0.05, 0) is 62.4 Å². The predicted molar refractivity (Wildman–Crippen MR) is 133 cm³/mol. The molecule has 0 N–H and O–H groups in total. The first kappa shape index (κ1) is 21.9. The van der Waals surface area contributed by atoms with E-state index >= 15 is 0 Å². The first-order valence-corrected chi connectivity index (χ1v) is 11.5. The van der Waals surface area contributed by atoms with Crippen molar-refractivity contribution in [3.63, 3.8) is 0 Å². The minimum atomic E-state index is -0.0336. The van der Waals surface area contributed by atoms with Gasteiger partial charge in [0.2, 0.25) is 0 Å². The number of aryl methyl sites for hydroxylation is 1. The number of carbonyl (C=O) groups is 1. The standard InChI is InChI=1S/C27H26N2O2S/c1-19(2)29-26(30)25(32-27(29)28-23-15-13-20(3)14-16-23)17-22-11-7-8-12-24(22)31-18-21-9-5-4-6-10-21/h4-17,19H,18H2,1-3H3/b25-17+,28-27?. The fourth-order valence-electron chi connectivity index (χ4n) is 3.36. The van der Waals surface area contributed by atoms with Crippen LogP contribution in [0.3, 0.4) is 0 Å². The molecule has 1 amide bonds. The highest BCUT2D eigenvalue weighted by Gasteiger charge is 2.35. The Morgan fingerprint density at radius 1 is 0.969 bits per heavy atom. The number of benzene rings is 3. The van der Waals surface area contributed by atoms with Crippen molar-refractivity contribution in [3.05, 3.63) is 100 Å². The summed E-state index contributed by atoms with van der Waals surface area (Å²) in [4.78, 5) is 20.4. The molecule has 1 fully saturated rings. The Bertz CT molecular complexity index is 1150. The van der Waals surface area contributed by atoms with E-state index in [1.807, 2.05) is 106 Å². The first-order chi connectivity index (χ1) is 15.5. The smallest absolute Gasteiger partial charge is 0.266 e. The van der Waals surface area contributed by atoms with Crippen LogP contribution in [0.25, 0.3) is 6.08 Å². The van der Waals surface area contributed by atoms with Crippen LogP contribution in [-0.4, -0.2) is 22.0 Å². The van der Waals surface area contributed by atoms with Gasteiger partial charge in [0.1, 0.15) is 12.4 Å². The summed E-state index contributed by atoms with van der Waals surface area (Å²) >= 11 is 1.40. The minimum absolute atomic E-state index is 0.00896. The first-order valence-electron chi connectivity index (χ1n) is 10.7. The highest BCUT2D eigenvalue weighted by molar-refractivity contribution is 8.18. The van der Waals surface area contributed by atoms with Gasteiger partial charge in [-0.3, -0.25) is 9.69 Å². The lowest BCUT2D eigenvalue weighted by Gasteiger charge is -2.19. The lowest BCUT2D eigenvalue weighted by Crippen LogP contribution is -2.35. The van der Waals surface area contributed by atoms with E-state index in [1.165, 1.54) is 17.3 Å². The van der Waals surface area contributed by atoms with Gasteiger partial charge < -0.3 is 4.74 Å². The van der Waals surface area contributed by atoms with Crippen LogP contribution in [0, 0.1) is 6.92 Å². The molecule has 3 aromatic rings. The Balaban J connectivity index is 1.61. The molecule has 4 nitrogen and oxygen atoms in total. The molecule has 0 unspecified atom stereocenters. The second-order valence-corrected chi connectivity index (χ2v) is 8.93. The van der Waals surface area contributed by atoms with Crippen molar-refractivity contribution >= 4 is 34.6 Å². The molecule has 0 saturated carbocycles. The van der Waals surface area contributed by atoms with Crippen molar-refractivity contribution in [2.24, 2.45) is 4.99 Å². The highest BCUT2D eigenvalue weighted by atomic mass is 32.2. The third-order valence-electron chi connectivity index (χ3n) is 5.05. The van der Waals surface area contributed by atoms with E-state index in [0.29, 0.717) is 16.7 Å². The van der Waals surface area contributed by atoms with Gasteiger partial charge in [0.15, 0.2) is 5.17 Å². The van der Waals surface area contributed by atoms with Crippen LogP contribution in [0.2, 0.25) is 0 Å². The van der Waals surface area contributed by atoms with Gasteiger partial charge in [-0.15, -0.1) is 0 Å². The summed E-state index contributed by atoms with van der Waals surface area (Å²) in [5, 5.41) is 0.697. The topological polar surface area (TPSA) is 41.9 Å². The van der Waals surface area contributed by atoms with Crippen molar-refractivity contribution in [1.82, 2.24) is 4.90 Å². The number of ether oxygens (including phenoxy) is 1. The van der Waals surface area contributed by atoms with E-state index in [1.54, 1.807) is 4.90 Å². The minimum Gasteiger partial charge on any atom is -0.488 e. The Kier molecular flexibility index (Phi) is 6.76. The number of para-hydroxylation sites is 1. The van der Waals surface area contributed by atoms with Crippen LogP contribution in [0.5, 0.6) is 5.75 Å². The number of amidine groups is 1. The second kappa shape index (κ2) is 9.88. The van der Waals surface area contributed by atoms with Crippen molar-refractivity contribution < 1.29 is 9.53 Å². The van der Waals surface area contributed by atoms with E-state index in [9.17, 15) is 4.79 Å². The molecule has 1 aliphatic rings. The number of nitrogens with zero attached hydrogens (tertiary/aromatic N) is 2. The van der Waals surface area contributed by atoms with Crippen LogP contribution >= 0.6 is 11.8 Å². The van der Waals surface area contributed by atoms with E-state index in [4.69, 9.17) is 9.73 Å².